The fourth-order valence-electron chi connectivity index (χ4n) is 2.48. The van der Waals surface area contributed by atoms with Gasteiger partial charge in [0.15, 0.2) is 0 Å². The van der Waals surface area contributed by atoms with Crippen LogP contribution >= 0.6 is 0 Å². The highest BCUT2D eigenvalue weighted by Crippen LogP contribution is 2.18. The molecule has 0 aromatic heterocycles. The maximum Gasteiger partial charge on any atom is 0.259 e. The Kier molecular flexibility index (Phi) is 4.70. The average molecular weight is 338 g/mol. The molecular formula is C19H18N2O4. The smallest absolute Gasteiger partial charge is 0.259 e. The zero-order valence-corrected chi connectivity index (χ0v) is 14.0. The predicted octanol–water partition coefficient (Wildman–Crippen LogP) is 2.73. The number of carbonyl (C=O) groups is 2. The third-order valence-electron chi connectivity index (χ3n) is 3.93. The molecule has 2 aromatic carbocycles. The van der Waals surface area contributed by atoms with E-state index in [1.807, 2.05) is 0 Å². The van der Waals surface area contributed by atoms with E-state index < -0.39 is 0 Å². The van der Waals surface area contributed by atoms with E-state index in [4.69, 9.17) is 9.47 Å². The molecule has 6 heteroatoms. The number of carbonyl (C=O) groups excluding carboxylic acids is 2. The maximum atomic E-state index is 12.5. The molecule has 1 aliphatic heterocycles. The number of nitrogens with zero attached hydrogens (tertiary/aromatic N) is 2. The van der Waals surface area contributed by atoms with Crippen LogP contribution < -0.4 is 9.47 Å². The average Bonchev–Trinajstić information content (AvgIpc) is 3.17. The summed E-state index contributed by atoms with van der Waals surface area (Å²) >= 11 is 0. The van der Waals surface area contributed by atoms with E-state index in [9.17, 15) is 9.59 Å². The quantitative estimate of drug-likeness (QED) is 0.860. The van der Waals surface area contributed by atoms with Gasteiger partial charge in [0.05, 0.1) is 14.2 Å². The molecule has 0 N–H and O–H groups in total. The van der Waals surface area contributed by atoms with Crippen molar-refractivity contribution in [1.82, 2.24) is 9.80 Å². The van der Waals surface area contributed by atoms with E-state index in [1.54, 1.807) is 75.2 Å². The van der Waals surface area contributed by atoms with Crippen molar-refractivity contribution >= 4 is 11.8 Å². The summed E-state index contributed by atoms with van der Waals surface area (Å²) in [6.45, 7) is 0.176. The molecule has 0 aliphatic carbocycles. The minimum atomic E-state index is -0.177. The van der Waals surface area contributed by atoms with E-state index in [0.29, 0.717) is 22.6 Å². The topological polar surface area (TPSA) is 59.1 Å². The first-order chi connectivity index (χ1) is 12.1. The van der Waals surface area contributed by atoms with Crippen LogP contribution in [-0.4, -0.2) is 42.5 Å². The SMILES string of the molecule is COc1ccc(C(=O)N2C=CN(C(=O)c3ccc(OC)cc3)C2)cc1. The van der Waals surface area contributed by atoms with Gasteiger partial charge in [-0.1, -0.05) is 0 Å². The van der Waals surface area contributed by atoms with E-state index in [2.05, 4.69) is 0 Å². The van der Waals surface area contributed by atoms with Gasteiger partial charge in [0.25, 0.3) is 11.8 Å². The van der Waals surface area contributed by atoms with Crippen molar-refractivity contribution in [2.24, 2.45) is 0 Å². The molecule has 3 rings (SSSR count). The van der Waals surface area contributed by atoms with Gasteiger partial charge < -0.3 is 9.47 Å². The summed E-state index contributed by atoms with van der Waals surface area (Å²) in [4.78, 5) is 28.0. The Bertz CT molecular complexity index is 730. The van der Waals surface area contributed by atoms with E-state index in [0.717, 1.165) is 0 Å². The van der Waals surface area contributed by atoms with Gasteiger partial charge in [0, 0.05) is 23.5 Å². The minimum Gasteiger partial charge on any atom is -0.497 e. The Morgan fingerprint density at radius 1 is 0.720 bits per heavy atom. The number of hydrogen-bond acceptors (Lipinski definition) is 4. The molecule has 2 aromatic rings. The lowest BCUT2D eigenvalue weighted by atomic mass is 10.2. The Hall–Kier alpha value is -3.28. The number of methoxy groups -OCH3 is 2. The van der Waals surface area contributed by atoms with Crippen molar-refractivity contribution in [3.05, 3.63) is 72.1 Å². The monoisotopic (exact) mass is 338 g/mol. The van der Waals surface area contributed by atoms with E-state index in [1.165, 1.54) is 9.80 Å². The van der Waals surface area contributed by atoms with Gasteiger partial charge in [-0.25, -0.2) is 0 Å². The minimum absolute atomic E-state index is 0.176. The molecular weight excluding hydrogens is 320 g/mol. The molecule has 0 unspecified atom stereocenters. The van der Waals surface area contributed by atoms with Crippen LogP contribution in [0.2, 0.25) is 0 Å². The van der Waals surface area contributed by atoms with Crippen LogP contribution in [0.4, 0.5) is 0 Å². The first kappa shape index (κ1) is 16.6. The normalized spacial score (nSPS) is 13.0. The van der Waals surface area contributed by atoms with Gasteiger partial charge in [-0.15, -0.1) is 0 Å². The molecule has 0 atom stereocenters. The number of amides is 2. The number of ether oxygens (including phenoxy) is 2. The van der Waals surface area contributed by atoms with Crippen molar-refractivity contribution in [2.75, 3.05) is 20.9 Å². The molecule has 1 aliphatic rings. The second-order valence-electron chi connectivity index (χ2n) is 5.45. The van der Waals surface area contributed by atoms with Crippen LogP contribution in [0.25, 0.3) is 0 Å². The second kappa shape index (κ2) is 7.09. The van der Waals surface area contributed by atoms with Crippen molar-refractivity contribution < 1.29 is 19.1 Å². The highest BCUT2D eigenvalue weighted by molar-refractivity contribution is 5.98. The van der Waals surface area contributed by atoms with Gasteiger partial charge >= 0.3 is 0 Å². The molecule has 0 saturated carbocycles. The van der Waals surface area contributed by atoms with Gasteiger partial charge in [-0.05, 0) is 48.5 Å². The van der Waals surface area contributed by atoms with Crippen LogP contribution in [-0.2, 0) is 0 Å². The third-order valence-corrected chi connectivity index (χ3v) is 3.93. The Balaban J connectivity index is 1.67. The third kappa shape index (κ3) is 3.47. The van der Waals surface area contributed by atoms with E-state index >= 15 is 0 Å². The van der Waals surface area contributed by atoms with Crippen LogP contribution in [0.15, 0.2) is 60.9 Å². The summed E-state index contributed by atoms with van der Waals surface area (Å²) in [5.74, 6) is 1.02. The van der Waals surface area contributed by atoms with Crippen LogP contribution in [0.5, 0.6) is 11.5 Å². The summed E-state index contributed by atoms with van der Waals surface area (Å²) in [6.07, 6.45) is 3.21. The molecule has 6 nitrogen and oxygen atoms in total. The second-order valence-corrected chi connectivity index (χ2v) is 5.45. The molecule has 0 fully saturated rings. The maximum absolute atomic E-state index is 12.5. The van der Waals surface area contributed by atoms with E-state index in [-0.39, 0.29) is 18.5 Å². The highest BCUT2D eigenvalue weighted by atomic mass is 16.5. The van der Waals surface area contributed by atoms with Gasteiger partial charge in [-0.3, -0.25) is 19.4 Å². The molecule has 0 spiro atoms. The summed E-state index contributed by atoms with van der Waals surface area (Å²) in [7, 11) is 3.14. The molecule has 1 heterocycles. The lowest BCUT2D eigenvalue weighted by molar-refractivity contribution is 0.0722. The summed E-state index contributed by atoms with van der Waals surface area (Å²) in [6, 6.07) is 13.7. The molecule has 25 heavy (non-hydrogen) atoms. The predicted molar refractivity (Wildman–Crippen MR) is 92.3 cm³/mol. The Labute approximate surface area is 145 Å². The summed E-state index contributed by atoms with van der Waals surface area (Å²) in [5.41, 5.74) is 1.06. The van der Waals surface area contributed by atoms with Crippen molar-refractivity contribution in [3.63, 3.8) is 0 Å². The van der Waals surface area contributed by atoms with Crippen molar-refractivity contribution in [1.29, 1.82) is 0 Å². The fraction of sp³-hybridized carbons (Fsp3) is 0.158. The number of rotatable bonds is 4. The molecule has 0 radical (unpaired) electrons. The van der Waals surface area contributed by atoms with Gasteiger partial charge in [-0.2, -0.15) is 0 Å². The number of benzene rings is 2. The van der Waals surface area contributed by atoms with Crippen molar-refractivity contribution in [3.8, 4) is 11.5 Å². The molecule has 128 valence electrons. The summed E-state index contributed by atoms with van der Waals surface area (Å²) < 4.78 is 10.2. The largest absolute Gasteiger partial charge is 0.497 e. The Morgan fingerprint density at radius 3 is 1.40 bits per heavy atom. The molecule has 2 amide bonds. The van der Waals surface area contributed by atoms with Crippen LogP contribution in [0, 0.1) is 0 Å². The van der Waals surface area contributed by atoms with Crippen molar-refractivity contribution in [2.45, 2.75) is 0 Å². The standard InChI is InChI=1S/C19H18N2O4/c1-24-16-7-3-14(4-8-16)18(22)20-11-12-21(13-20)19(23)15-5-9-17(25-2)10-6-15/h3-12H,13H2,1-2H3. The first-order valence-corrected chi connectivity index (χ1v) is 7.71. The fourth-order valence-corrected chi connectivity index (χ4v) is 2.48. The molecule has 0 saturated heterocycles. The summed E-state index contributed by atoms with van der Waals surface area (Å²) in [5, 5.41) is 0. The number of hydrogen-bond donors (Lipinski definition) is 0. The first-order valence-electron chi connectivity index (χ1n) is 7.71. The van der Waals surface area contributed by atoms with Crippen LogP contribution in [0.1, 0.15) is 20.7 Å². The lowest BCUT2D eigenvalue weighted by Gasteiger charge is -2.19. The zero-order chi connectivity index (χ0) is 17.8. The van der Waals surface area contributed by atoms with Gasteiger partial charge in [0.1, 0.15) is 18.2 Å². The van der Waals surface area contributed by atoms with Crippen LogP contribution in [0.3, 0.4) is 0 Å². The highest BCUT2D eigenvalue weighted by Gasteiger charge is 2.24. The Morgan fingerprint density at radius 2 is 1.08 bits per heavy atom. The lowest BCUT2D eigenvalue weighted by Crippen LogP contribution is -2.33. The zero-order valence-electron chi connectivity index (χ0n) is 14.0. The molecule has 0 bridgehead atoms. The van der Waals surface area contributed by atoms with Gasteiger partial charge in [0.2, 0.25) is 0 Å².